The molecule has 16 heavy (non-hydrogen) atoms. The van der Waals surface area contributed by atoms with Crippen molar-refractivity contribution < 1.29 is 14.3 Å². The number of amides is 1. The molecule has 0 aliphatic carbocycles. The van der Waals surface area contributed by atoms with Crippen molar-refractivity contribution in [2.75, 3.05) is 12.4 Å². The molecule has 1 aromatic carbocycles. The highest BCUT2D eigenvalue weighted by Gasteiger charge is 2.13. The molecule has 1 rings (SSSR count). The number of benzene rings is 1. The van der Waals surface area contributed by atoms with Gasteiger partial charge in [-0.2, -0.15) is 0 Å². The molecule has 0 unspecified atom stereocenters. The monoisotopic (exact) mass is 283 g/mol. The molecule has 1 amide bonds. The molecule has 0 aliphatic heterocycles. The first-order valence-corrected chi connectivity index (χ1v) is 5.19. The van der Waals surface area contributed by atoms with Gasteiger partial charge in [0.05, 0.1) is 18.4 Å². The van der Waals surface area contributed by atoms with Crippen LogP contribution in [0.3, 0.4) is 0 Å². The van der Waals surface area contributed by atoms with Crippen molar-refractivity contribution in [3.63, 3.8) is 0 Å². The molecule has 0 saturated carbocycles. The van der Waals surface area contributed by atoms with Gasteiger partial charge in [-0.05, 0) is 24.3 Å². The lowest BCUT2D eigenvalue weighted by Gasteiger charge is -2.08. The number of methoxy groups -OCH3 is 1. The van der Waals surface area contributed by atoms with Crippen LogP contribution in [-0.2, 0) is 9.53 Å². The first kappa shape index (κ1) is 12.4. The molecule has 0 bridgehead atoms. The average Bonchev–Trinajstić information content (AvgIpc) is 2.30. The van der Waals surface area contributed by atoms with E-state index in [-0.39, 0.29) is 11.5 Å². The van der Waals surface area contributed by atoms with Crippen LogP contribution in [0.1, 0.15) is 10.4 Å². The van der Waals surface area contributed by atoms with Crippen LogP contribution in [0.25, 0.3) is 0 Å². The number of ether oxygens (including phenoxy) is 1. The number of hydrogen-bond acceptors (Lipinski definition) is 3. The number of nitrogens with one attached hydrogen (secondary N) is 1. The van der Waals surface area contributed by atoms with Gasteiger partial charge in [0.25, 0.3) is 0 Å². The van der Waals surface area contributed by atoms with Gasteiger partial charge >= 0.3 is 5.97 Å². The molecule has 0 radical (unpaired) electrons. The zero-order valence-electron chi connectivity index (χ0n) is 8.62. The topological polar surface area (TPSA) is 55.4 Å². The second-order valence-electron chi connectivity index (χ2n) is 2.87. The van der Waals surface area contributed by atoms with E-state index in [0.29, 0.717) is 5.69 Å². The third kappa shape index (κ3) is 2.93. The molecular weight excluding hydrogens is 274 g/mol. The molecule has 0 fully saturated rings. The predicted molar refractivity (Wildman–Crippen MR) is 64.3 cm³/mol. The van der Waals surface area contributed by atoms with Gasteiger partial charge in [-0.3, -0.25) is 4.79 Å². The predicted octanol–water partition coefficient (Wildman–Crippen LogP) is 2.36. The Morgan fingerprint density at radius 1 is 1.50 bits per heavy atom. The van der Waals surface area contributed by atoms with Crippen molar-refractivity contribution in [2.24, 2.45) is 0 Å². The molecule has 1 aromatic rings. The van der Waals surface area contributed by atoms with Crippen molar-refractivity contribution in [3.8, 4) is 0 Å². The number of hydrogen-bond donors (Lipinski definition) is 1. The molecule has 0 spiro atoms. The Morgan fingerprint density at radius 2 is 2.19 bits per heavy atom. The Morgan fingerprint density at radius 3 is 2.75 bits per heavy atom. The van der Waals surface area contributed by atoms with Crippen LogP contribution in [0.5, 0.6) is 0 Å². The second-order valence-corrected chi connectivity index (χ2v) is 3.79. The van der Waals surface area contributed by atoms with Gasteiger partial charge in [0, 0.05) is 4.47 Å². The van der Waals surface area contributed by atoms with Crippen LogP contribution in [-0.4, -0.2) is 19.0 Å². The SMILES string of the molecule is C=CC(=O)Nc1ccc(Br)cc1C(=O)OC. The number of esters is 1. The standard InChI is InChI=1S/C11H10BrNO3/c1-3-10(14)13-9-5-4-7(12)6-8(9)11(15)16-2/h3-6H,1H2,2H3,(H,13,14). The third-order valence-electron chi connectivity index (χ3n) is 1.83. The lowest BCUT2D eigenvalue weighted by molar-refractivity contribution is -0.111. The molecule has 5 heteroatoms. The van der Waals surface area contributed by atoms with Gasteiger partial charge in [0.1, 0.15) is 0 Å². The molecule has 0 aromatic heterocycles. The minimum absolute atomic E-state index is 0.284. The van der Waals surface area contributed by atoms with Crippen molar-refractivity contribution >= 4 is 33.5 Å². The molecule has 4 nitrogen and oxygen atoms in total. The van der Waals surface area contributed by atoms with Crippen molar-refractivity contribution in [2.45, 2.75) is 0 Å². The molecule has 0 heterocycles. The largest absolute Gasteiger partial charge is 0.465 e. The Kier molecular flexibility index (Phi) is 4.25. The zero-order valence-corrected chi connectivity index (χ0v) is 10.2. The van der Waals surface area contributed by atoms with Crippen molar-refractivity contribution in [1.82, 2.24) is 0 Å². The summed E-state index contributed by atoms with van der Waals surface area (Å²) in [6.07, 6.45) is 1.13. The van der Waals surface area contributed by atoms with Crippen molar-refractivity contribution in [3.05, 3.63) is 40.9 Å². The lowest BCUT2D eigenvalue weighted by Crippen LogP contribution is -2.12. The van der Waals surface area contributed by atoms with Crippen LogP contribution >= 0.6 is 15.9 Å². The summed E-state index contributed by atoms with van der Waals surface area (Å²) >= 11 is 3.24. The third-order valence-corrected chi connectivity index (χ3v) is 2.32. The summed E-state index contributed by atoms with van der Waals surface area (Å²) in [6.45, 7) is 3.33. The average molecular weight is 284 g/mol. The number of halogens is 1. The van der Waals surface area contributed by atoms with Gasteiger partial charge < -0.3 is 10.1 Å². The van der Waals surface area contributed by atoms with E-state index < -0.39 is 5.97 Å². The Bertz CT molecular complexity index is 443. The van der Waals surface area contributed by atoms with E-state index in [0.717, 1.165) is 10.5 Å². The van der Waals surface area contributed by atoms with Crippen LogP contribution in [0.2, 0.25) is 0 Å². The number of rotatable bonds is 3. The summed E-state index contributed by atoms with van der Waals surface area (Å²) in [6, 6.07) is 4.90. The normalized spacial score (nSPS) is 9.38. The maximum Gasteiger partial charge on any atom is 0.340 e. The minimum Gasteiger partial charge on any atom is -0.465 e. The summed E-state index contributed by atoms with van der Waals surface area (Å²) in [4.78, 5) is 22.6. The summed E-state index contributed by atoms with van der Waals surface area (Å²) in [5.74, 6) is -0.895. The molecular formula is C11H10BrNO3. The first-order valence-electron chi connectivity index (χ1n) is 4.39. The van der Waals surface area contributed by atoms with Gasteiger partial charge in [0.2, 0.25) is 5.91 Å². The molecule has 0 aliphatic rings. The summed E-state index contributed by atoms with van der Waals surface area (Å²) in [7, 11) is 1.28. The smallest absolute Gasteiger partial charge is 0.340 e. The fourth-order valence-electron chi connectivity index (χ4n) is 1.09. The maximum absolute atomic E-state index is 11.4. The number of carbonyl (C=O) groups excluding carboxylic acids is 2. The molecule has 1 N–H and O–H groups in total. The fourth-order valence-corrected chi connectivity index (χ4v) is 1.45. The summed E-state index contributed by atoms with van der Waals surface area (Å²) in [5, 5.41) is 2.52. The highest BCUT2D eigenvalue weighted by atomic mass is 79.9. The first-order chi connectivity index (χ1) is 7.58. The summed E-state index contributed by atoms with van der Waals surface area (Å²) in [5.41, 5.74) is 0.673. The molecule has 0 atom stereocenters. The fraction of sp³-hybridized carbons (Fsp3) is 0.0909. The van der Waals surface area contributed by atoms with E-state index in [4.69, 9.17) is 0 Å². The highest BCUT2D eigenvalue weighted by molar-refractivity contribution is 9.10. The highest BCUT2D eigenvalue weighted by Crippen LogP contribution is 2.21. The molecule has 84 valence electrons. The van der Waals surface area contributed by atoms with Crippen LogP contribution in [0, 0.1) is 0 Å². The van der Waals surface area contributed by atoms with Gasteiger partial charge in [-0.1, -0.05) is 22.5 Å². The van der Waals surface area contributed by atoms with E-state index in [9.17, 15) is 9.59 Å². The van der Waals surface area contributed by atoms with Gasteiger partial charge in [-0.15, -0.1) is 0 Å². The Hall–Kier alpha value is -1.62. The van der Waals surface area contributed by atoms with E-state index in [2.05, 4.69) is 32.6 Å². The minimum atomic E-state index is -0.513. The van der Waals surface area contributed by atoms with E-state index in [1.54, 1.807) is 18.2 Å². The lowest BCUT2D eigenvalue weighted by atomic mass is 10.2. The zero-order chi connectivity index (χ0) is 12.1. The van der Waals surface area contributed by atoms with E-state index in [1.807, 2.05) is 0 Å². The van der Waals surface area contributed by atoms with Crippen molar-refractivity contribution in [1.29, 1.82) is 0 Å². The second kappa shape index (κ2) is 5.46. The van der Waals surface area contributed by atoms with Crippen LogP contribution in [0.4, 0.5) is 5.69 Å². The number of carbonyl (C=O) groups is 2. The Balaban J connectivity index is 3.12. The van der Waals surface area contributed by atoms with Gasteiger partial charge in [0.15, 0.2) is 0 Å². The Labute approximate surface area is 101 Å². The maximum atomic E-state index is 11.4. The van der Waals surface area contributed by atoms with Gasteiger partial charge in [-0.25, -0.2) is 4.79 Å². The van der Waals surface area contributed by atoms with Crippen LogP contribution in [0.15, 0.2) is 35.3 Å². The summed E-state index contributed by atoms with van der Waals surface area (Å²) < 4.78 is 5.34. The van der Waals surface area contributed by atoms with Crippen LogP contribution < -0.4 is 5.32 Å². The van der Waals surface area contributed by atoms with E-state index in [1.165, 1.54) is 7.11 Å². The van der Waals surface area contributed by atoms with E-state index >= 15 is 0 Å². The molecule has 0 saturated heterocycles. The quantitative estimate of drug-likeness (QED) is 0.684. The number of anilines is 1.